The van der Waals surface area contributed by atoms with Crippen LogP contribution in [-0.2, 0) is 4.79 Å². The highest BCUT2D eigenvalue weighted by atomic mass is 19.1. The van der Waals surface area contributed by atoms with Crippen LogP contribution in [0.4, 0.5) is 4.39 Å². The van der Waals surface area contributed by atoms with Crippen molar-refractivity contribution in [2.75, 3.05) is 0 Å². The summed E-state index contributed by atoms with van der Waals surface area (Å²) in [5.41, 5.74) is 5.86. The molecule has 2 atom stereocenters. The summed E-state index contributed by atoms with van der Waals surface area (Å²) in [6.45, 7) is 1.91. The Labute approximate surface area is 173 Å². The summed E-state index contributed by atoms with van der Waals surface area (Å²) in [7, 11) is 0. The smallest absolute Gasteiger partial charge is 0.304 e. The maximum atomic E-state index is 13.3. The van der Waals surface area contributed by atoms with Gasteiger partial charge in [0.25, 0.3) is 5.91 Å². The molecule has 1 aliphatic heterocycles. The van der Waals surface area contributed by atoms with Crippen molar-refractivity contribution < 1.29 is 18.7 Å². The van der Waals surface area contributed by atoms with E-state index in [4.69, 9.17) is 0 Å². The second-order valence-corrected chi connectivity index (χ2v) is 7.24. The highest BCUT2D eigenvalue weighted by Gasteiger charge is 2.47. The second-order valence-electron chi connectivity index (χ2n) is 7.24. The average Bonchev–Trinajstić information content (AvgIpc) is 3.05. The summed E-state index contributed by atoms with van der Waals surface area (Å²) in [6, 6.07) is 21.4. The number of nitrogens with one attached hydrogen (secondary N) is 2. The minimum absolute atomic E-state index is 0.316. The van der Waals surface area contributed by atoms with Gasteiger partial charge in [-0.2, -0.15) is 0 Å². The molecule has 0 aliphatic carbocycles. The Morgan fingerprint density at radius 1 is 1.03 bits per heavy atom. The number of hydrazone groups is 1. The molecular formula is C24H21FN3O2+. The molecule has 2 N–H and O–H groups in total. The zero-order valence-corrected chi connectivity index (χ0v) is 16.4. The molecule has 6 heteroatoms. The Bertz CT molecular complexity index is 1110. The lowest BCUT2D eigenvalue weighted by Gasteiger charge is -2.15. The molecule has 2 amide bonds. The van der Waals surface area contributed by atoms with Crippen molar-refractivity contribution in [2.45, 2.75) is 19.0 Å². The Kier molecular flexibility index (Phi) is 5.39. The Balaban J connectivity index is 1.69. The molecular weight excluding hydrogens is 381 g/mol. The summed E-state index contributed by atoms with van der Waals surface area (Å²) >= 11 is 0. The number of amides is 2. The van der Waals surface area contributed by atoms with Crippen molar-refractivity contribution in [3.63, 3.8) is 0 Å². The lowest BCUT2D eigenvalue weighted by Crippen LogP contribution is -2.42. The monoisotopic (exact) mass is 402 g/mol. The number of carbonyl (C=O) groups is 2. The van der Waals surface area contributed by atoms with E-state index in [1.54, 1.807) is 35.2 Å². The van der Waals surface area contributed by atoms with Gasteiger partial charge >= 0.3 is 5.91 Å². The number of aryl methyl sites for hydroxylation is 1. The van der Waals surface area contributed by atoms with E-state index >= 15 is 0 Å². The molecule has 3 aromatic carbocycles. The molecule has 1 heterocycles. The quantitative estimate of drug-likeness (QED) is 0.659. The van der Waals surface area contributed by atoms with Crippen LogP contribution >= 0.6 is 0 Å². The van der Waals surface area contributed by atoms with Gasteiger partial charge in [0.1, 0.15) is 5.82 Å². The minimum atomic E-state index is -0.794. The number of carbonyl (C=O) groups excluding carboxylic acids is 2. The SMILES string of the molecule is Cc1cccc(C(=O)N[C@H]2C(=O)N/[N+](=C\c3ccc(F)cc3)[C@@H]2c2ccccc2)c1. The molecule has 150 valence electrons. The van der Waals surface area contributed by atoms with Gasteiger partial charge in [0.15, 0.2) is 6.04 Å². The van der Waals surface area contributed by atoms with Crippen LogP contribution < -0.4 is 10.7 Å². The number of rotatable bonds is 4. The van der Waals surface area contributed by atoms with Crippen LogP contribution in [-0.4, -0.2) is 28.8 Å². The van der Waals surface area contributed by atoms with E-state index in [-0.39, 0.29) is 17.6 Å². The summed E-state index contributed by atoms with van der Waals surface area (Å²) in [5.74, 6) is -0.966. The Morgan fingerprint density at radius 2 is 1.77 bits per heavy atom. The molecule has 0 spiro atoms. The maximum Gasteiger partial charge on any atom is 0.304 e. The standard InChI is InChI=1S/C24H20FN3O2/c1-16-6-5-9-19(14-16)23(29)26-21-22(18-7-3-2-4-8-18)28(27-24(21)30)15-17-10-12-20(25)13-11-17/h2-15,21-22H,1H3,(H-,26,27,29,30)/p+1/b28-15-/t21-,22-/m1/s1. The van der Waals surface area contributed by atoms with Crippen LogP contribution in [0.15, 0.2) is 78.9 Å². The number of nitrogens with zero attached hydrogens (tertiary/aromatic N) is 1. The largest absolute Gasteiger partial charge is 0.334 e. The fraction of sp³-hybridized carbons (Fsp3) is 0.125. The van der Waals surface area contributed by atoms with Crippen LogP contribution in [0.2, 0.25) is 0 Å². The fourth-order valence-electron chi connectivity index (χ4n) is 3.55. The number of hydrogen-bond donors (Lipinski definition) is 2. The molecule has 3 aromatic rings. The van der Waals surface area contributed by atoms with Crippen molar-refractivity contribution >= 4 is 18.0 Å². The molecule has 1 saturated heterocycles. The lowest BCUT2D eigenvalue weighted by molar-refractivity contribution is -0.596. The topological polar surface area (TPSA) is 61.2 Å². The molecule has 0 saturated carbocycles. The van der Waals surface area contributed by atoms with Gasteiger partial charge in [-0.3, -0.25) is 9.59 Å². The van der Waals surface area contributed by atoms with E-state index < -0.39 is 12.1 Å². The van der Waals surface area contributed by atoms with Gasteiger partial charge in [-0.1, -0.05) is 48.0 Å². The molecule has 1 fully saturated rings. The van der Waals surface area contributed by atoms with E-state index in [1.165, 1.54) is 12.1 Å². The lowest BCUT2D eigenvalue weighted by atomic mass is 9.99. The molecule has 0 radical (unpaired) electrons. The van der Waals surface area contributed by atoms with Crippen molar-refractivity contribution in [2.24, 2.45) is 0 Å². The van der Waals surface area contributed by atoms with Crippen LogP contribution in [0.5, 0.6) is 0 Å². The average molecular weight is 402 g/mol. The van der Waals surface area contributed by atoms with Crippen LogP contribution in [0.25, 0.3) is 0 Å². The van der Waals surface area contributed by atoms with E-state index in [0.717, 1.165) is 16.7 Å². The van der Waals surface area contributed by atoms with Gasteiger partial charge in [0, 0.05) is 16.7 Å². The zero-order valence-electron chi connectivity index (χ0n) is 16.4. The van der Waals surface area contributed by atoms with Gasteiger partial charge in [-0.25, -0.2) is 4.39 Å². The van der Waals surface area contributed by atoms with Gasteiger partial charge in [0.2, 0.25) is 12.3 Å². The van der Waals surface area contributed by atoms with E-state index in [0.29, 0.717) is 5.56 Å². The molecule has 0 aromatic heterocycles. The zero-order chi connectivity index (χ0) is 21.1. The minimum Gasteiger partial charge on any atom is -0.334 e. The van der Waals surface area contributed by atoms with Crippen molar-refractivity contribution in [1.29, 1.82) is 0 Å². The summed E-state index contributed by atoms with van der Waals surface area (Å²) in [4.78, 5) is 25.6. The molecule has 5 nitrogen and oxygen atoms in total. The molecule has 30 heavy (non-hydrogen) atoms. The number of halogens is 1. The van der Waals surface area contributed by atoms with Crippen LogP contribution in [0.3, 0.4) is 0 Å². The highest BCUT2D eigenvalue weighted by Crippen LogP contribution is 2.25. The Morgan fingerprint density at radius 3 is 2.47 bits per heavy atom. The normalized spacial score (nSPS) is 19.5. The fourth-order valence-corrected chi connectivity index (χ4v) is 3.55. The van der Waals surface area contributed by atoms with Gasteiger partial charge in [0.05, 0.1) is 0 Å². The van der Waals surface area contributed by atoms with Crippen molar-refractivity contribution in [3.8, 4) is 0 Å². The van der Waals surface area contributed by atoms with Gasteiger partial charge in [-0.15, -0.1) is 10.1 Å². The molecule has 1 aliphatic rings. The summed E-state index contributed by atoms with van der Waals surface area (Å²) < 4.78 is 14.9. The van der Waals surface area contributed by atoms with E-state index in [9.17, 15) is 14.0 Å². The Hall–Kier alpha value is -3.80. The predicted molar refractivity (Wildman–Crippen MR) is 112 cm³/mol. The summed E-state index contributed by atoms with van der Waals surface area (Å²) in [6.07, 6.45) is 1.73. The first-order chi connectivity index (χ1) is 14.5. The van der Waals surface area contributed by atoms with Crippen molar-refractivity contribution in [1.82, 2.24) is 10.7 Å². The number of hydrazine groups is 1. The summed E-state index contributed by atoms with van der Waals surface area (Å²) in [5, 5.41) is 2.87. The van der Waals surface area contributed by atoms with E-state index in [1.807, 2.05) is 49.4 Å². The number of hydrogen-bond acceptors (Lipinski definition) is 2. The third-order valence-corrected chi connectivity index (χ3v) is 5.00. The third kappa shape index (κ3) is 4.12. The first-order valence-electron chi connectivity index (χ1n) is 9.63. The van der Waals surface area contributed by atoms with E-state index in [2.05, 4.69) is 10.7 Å². The van der Waals surface area contributed by atoms with Gasteiger partial charge in [-0.05, 0) is 43.3 Å². The predicted octanol–water partition coefficient (Wildman–Crippen LogP) is 3.15. The van der Waals surface area contributed by atoms with Crippen LogP contribution in [0.1, 0.15) is 33.1 Å². The highest BCUT2D eigenvalue weighted by molar-refractivity contribution is 5.98. The van der Waals surface area contributed by atoms with Gasteiger partial charge < -0.3 is 5.32 Å². The first-order valence-corrected chi connectivity index (χ1v) is 9.63. The maximum absolute atomic E-state index is 13.3. The third-order valence-electron chi connectivity index (χ3n) is 5.00. The number of benzene rings is 3. The van der Waals surface area contributed by atoms with Crippen molar-refractivity contribution in [3.05, 3.63) is 107 Å². The van der Waals surface area contributed by atoms with Crippen LogP contribution in [0, 0.1) is 12.7 Å². The molecule has 0 unspecified atom stereocenters. The first kappa shape index (κ1) is 19.5. The molecule has 0 bridgehead atoms. The molecule has 4 rings (SSSR count). The second kappa shape index (κ2) is 8.29.